The molecule has 26 heavy (non-hydrogen) atoms. The van der Waals surface area contributed by atoms with Crippen molar-refractivity contribution in [2.24, 2.45) is 0 Å². The van der Waals surface area contributed by atoms with Crippen molar-refractivity contribution in [1.29, 1.82) is 0 Å². The van der Waals surface area contributed by atoms with Crippen molar-refractivity contribution >= 4 is 5.91 Å². The minimum Gasteiger partial charge on any atom is -0.337 e. The lowest BCUT2D eigenvalue weighted by molar-refractivity contribution is 0.0785. The van der Waals surface area contributed by atoms with Crippen LogP contribution in [0, 0.1) is 11.6 Å². The number of hydrogen-bond donors (Lipinski definition) is 1. The number of H-pyrrole nitrogens is 1. The molecule has 1 aromatic carbocycles. The van der Waals surface area contributed by atoms with Crippen LogP contribution in [0.2, 0.25) is 0 Å². The maximum atomic E-state index is 13.4. The summed E-state index contributed by atoms with van der Waals surface area (Å²) in [5, 5.41) is 14.4. The van der Waals surface area contributed by atoms with Crippen molar-refractivity contribution in [3.63, 3.8) is 0 Å². The van der Waals surface area contributed by atoms with Gasteiger partial charge in [0.05, 0.1) is 18.1 Å². The highest BCUT2D eigenvalue weighted by Crippen LogP contribution is 2.29. The molecule has 1 fully saturated rings. The second-order valence-electron chi connectivity index (χ2n) is 6.21. The van der Waals surface area contributed by atoms with Gasteiger partial charge in [-0.25, -0.2) is 8.78 Å². The zero-order valence-corrected chi connectivity index (χ0v) is 13.7. The summed E-state index contributed by atoms with van der Waals surface area (Å²) in [5.41, 5.74) is 2.45. The fourth-order valence-corrected chi connectivity index (χ4v) is 3.17. The number of carbonyl (C=O) groups excluding carboxylic acids is 1. The number of nitrogens with zero attached hydrogens (tertiary/aromatic N) is 4. The molecule has 132 valence electrons. The number of halogens is 2. The van der Waals surface area contributed by atoms with Gasteiger partial charge in [-0.1, -0.05) is 6.07 Å². The second-order valence-corrected chi connectivity index (χ2v) is 6.21. The molecule has 1 N–H and O–H groups in total. The molecule has 0 radical (unpaired) electrons. The number of carbonyl (C=O) groups is 1. The van der Waals surface area contributed by atoms with Crippen molar-refractivity contribution in [2.75, 3.05) is 13.1 Å². The third-order valence-electron chi connectivity index (χ3n) is 4.58. The molecule has 1 amide bonds. The van der Waals surface area contributed by atoms with Gasteiger partial charge in [0.2, 0.25) is 0 Å². The maximum absolute atomic E-state index is 13.4. The zero-order chi connectivity index (χ0) is 18.1. The molecular formula is C18H15F2N5O. The van der Waals surface area contributed by atoms with Crippen LogP contribution in [0.25, 0.3) is 11.3 Å². The summed E-state index contributed by atoms with van der Waals surface area (Å²) in [6, 6.07) is 7.33. The van der Waals surface area contributed by atoms with E-state index in [1.54, 1.807) is 35.5 Å². The van der Waals surface area contributed by atoms with E-state index in [0.717, 1.165) is 11.6 Å². The first-order valence-electron chi connectivity index (χ1n) is 8.18. The molecule has 8 heteroatoms. The Kier molecular flexibility index (Phi) is 4.16. The van der Waals surface area contributed by atoms with Crippen LogP contribution in [0.3, 0.4) is 0 Å². The van der Waals surface area contributed by atoms with E-state index in [-0.39, 0.29) is 11.8 Å². The number of aromatic nitrogens is 4. The molecule has 0 spiro atoms. The highest BCUT2D eigenvalue weighted by atomic mass is 19.2. The standard InChI is InChI=1S/C18H15F2N5O/c19-14-2-1-11(7-15(14)20)13-4-6-25(10-13)18(26)17-8-16(23-24-17)12-3-5-21-22-9-12/h1-3,5,7-9,13H,4,6,10H2,(H,23,24). The molecule has 1 aliphatic heterocycles. The van der Waals surface area contributed by atoms with Crippen molar-refractivity contribution in [3.8, 4) is 11.3 Å². The molecular weight excluding hydrogens is 340 g/mol. The van der Waals surface area contributed by atoms with E-state index in [1.807, 2.05) is 0 Å². The monoisotopic (exact) mass is 355 g/mol. The molecule has 3 heterocycles. The average molecular weight is 355 g/mol. The molecule has 0 saturated carbocycles. The number of hydrogen-bond acceptors (Lipinski definition) is 4. The quantitative estimate of drug-likeness (QED) is 0.784. The van der Waals surface area contributed by atoms with Crippen LogP contribution in [-0.4, -0.2) is 44.3 Å². The average Bonchev–Trinajstić information content (AvgIpc) is 3.34. The Morgan fingerprint density at radius 2 is 2.04 bits per heavy atom. The number of nitrogens with one attached hydrogen (secondary N) is 1. The molecule has 1 unspecified atom stereocenters. The lowest BCUT2D eigenvalue weighted by Crippen LogP contribution is -2.28. The predicted octanol–water partition coefficient (Wildman–Crippen LogP) is 2.77. The minimum absolute atomic E-state index is 0.0131. The van der Waals surface area contributed by atoms with Crippen LogP contribution >= 0.6 is 0 Å². The third kappa shape index (κ3) is 3.05. The molecule has 4 rings (SSSR count). The molecule has 6 nitrogen and oxygen atoms in total. The molecule has 1 saturated heterocycles. The minimum atomic E-state index is -0.865. The van der Waals surface area contributed by atoms with Gasteiger partial charge in [0, 0.05) is 24.6 Å². The van der Waals surface area contributed by atoms with E-state index >= 15 is 0 Å². The van der Waals surface area contributed by atoms with Crippen LogP contribution in [-0.2, 0) is 0 Å². The lowest BCUT2D eigenvalue weighted by Gasteiger charge is -2.15. The number of likely N-dealkylation sites (tertiary alicyclic amines) is 1. The van der Waals surface area contributed by atoms with Crippen molar-refractivity contribution in [1.82, 2.24) is 25.3 Å². The fourth-order valence-electron chi connectivity index (χ4n) is 3.17. The van der Waals surface area contributed by atoms with Gasteiger partial charge in [0.25, 0.3) is 5.91 Å². The van der Waals surface area contributed by atoms with Crippen molar-refractivity contribution < 1.29 is 13.6 Å². The smallest absolute Gasteiger partial charge is 0.271 e. The Morgan fingerprint density at radius 3 is 2.81 bits per heavy atom. The summed E-state index contributed by atoms with van der Waals surface area (Å²) in [6.45, 7) is 1.00. The summed E-state index contributed by atoms with van der Waals surface area (Å²) >= 11 is 0. The van der Waals surface area contributed by atoms with Gasteiger partial charge < -0.3 is 4.90 Å². The summed E-state index contributed by atoms with van der Waals surface area (Å²) in [5.74, 6) is -1.91. The number of aromatic amines is 1. The Bertz CT molecular complexity index is 944. The van der Waals surface area contributed by atoms with Crippen LogP contribution in [0.4, 0.5) is 8.78 Å². The van der Waals surface area contributed by atoms with Gasteiger partial charge in [-0.2, -0.15) is 15.3 Å². The molecule has 1 atom stereocenters. The first-order valence-corrected chi connectivity index (χ1v) is 8.18. The van der Waals surface area contributed by atoms with Gasteiger partial charge in [-0.3, -0.25) is 9.89 Å². The van der Waals surface area contributed by atoms with E-state index in [2.05, 4.69) is 20.4 Å². The van der Waals surface area contributed by atoms with Gasteiger partial charge in [-0.15, -0.1) is 0 Å². The Balaban J connectivity index is 1.48. The van der Waals surface area contributed by atoms with Gasteiger partial charge in [0.15, 0.2) is 11.6 Å². The van der Waals surface area contributed by atoms with Crippen LogP contribution in [0.5, 0.6) is 0 Å². The first kappa shape index (κ1) is 16.3. The third-order valence-corrected chi connectivity index (χ3v) is 4.58. The Morgan fingerprint density at radius 1 is 1.15 bits per heavy atom. The van der Waals surface area contributed by atoms with Gasteiger partial charge >= 0.3 is 0 Å². The zero-order valence-electron chi connectivity index (χ0n) is 13.7. The normalized spacial score (nSPS) is 16.8. The Labute approximate surface area is 147 Å². The van der Waals surface area contributed by atoms with E-state index in [4.69, 9.17) is 0 Å². The van der Waals surface area contributed by atoms with Gasteiger partial charge in [-0.05, 0) is 36.2 Å². The van der Waals surface area contributed by atoms with Crippen molar-refractivity contribution in [2.45, 2.75) is 12.3 Å². The SMILES string of the molecule is O=C(c1cc(-c2ccnnc2)n[nH]1)N1CCC(c2ccc(F)c(F)c2)C1. The predicted molar refractivity (Wildman–Crippen MR) is 89.2 cm³/mol. The molecule has 0 bridgehead atoms. The molecule has 2 aromatic heterocycles. The summed E-state index contributed by atoms with van der Waals surface area (Å²) < 4.78 is 26.5. The highest BCUT2D eigenvalue weighted by molar-refractivity contribution is 5.93. The van der Waals surface area contributed by atoms with Crippen molar-refractivity contribution in [3.05, 3.63) is 65.6 Å². The van der Waals surface area contributed by atoms with E-state index in [9.17, 15) is 13.6 Å². The lowest BCUT2D eigenvalue weighted by atomic mass is 9.98. The summed E-state index contributed by atoms with van der Waals surface area (Å²) in [7, 11) is 0. The van der Waals surface area contributed by atoms with Crippen LogP contribution in [0.1, 0.15) is 28.4 Å². The summed E-state index contributed by atoms with van der Waals surface area (Å²) in [6.07, 6.45) is 3.82. The Hall–Kier alpha value is -3.16. The van der Waals surface area contributed by atoms with E-state index < -0.39 is 11.6 Å². The van der Waals surface area contributed by atoms with E-state index in [1.165, 1.54) is 6.07 Å². The second kappa shape index (κ2) is 6.62. The number of benzene rings is 1. The summed E-state index contributed by atoms with van der Waals surface area (Å²) in [4.78, 5) is 14.4. The highest BCUT2D eigenvalue weighted by Gasteiger charge is 2.29. The molecule has 0 aliphatic carbocycles. The largest absolute Gasteiger partial charge is 0.337 e. The first-order chi connectivity index (χ1) is 12.6. The molecule has 3 aromatic rings. The maximum Gasteiger partial charge on any atom is 0.271 e. The topological polar surface area (TPSA) is 74.8 Å². The van der Waals surface area contributed by atoms with Crippen LogP contribution < -0.4 is 0 Å². The fraction of sp³-hybridized carbons (Fsp3) is 0.222. The van der Waals surface area contributed by atoms with Crippen LogP contribution in [0.15, 0.2) is 42.7 Å². The van der Waals surface area contributed by atoms with E-state index in [0.29, 0.717) is 36.5 Å². The number of amides is 1. The van der Waals surface area contributed by atoms with Gasteiger partial charge in [0.1, 0.15) is 5.69 Å². The number of rotatable bonds is 3. The molecule has 1 aliphatic rings.